The zero-order valence-corrected chi connectivity index (χ0v) is 26.9. The number of nitrogens with zero attached hydrogens (tertiary/aromatic N) is 3. The number of hydrogen-bond acceptors (Lipinski definition) is 6. The third-order valence-corrected chi connectivity index (χ3v) is 10.2. The Morgan fingerprint density at radius 2 is 1.70 bits per heavy atom. The van der Waals surface area contributed by atoms with Crippen molar-refractivity contribution < 1.29 is 19.1 Å². The molecule has 2 saturated carbocycles. The summed E-state index contributed by atoms with van der Waals surface area (Å²) in [6.45, 7) is 0.839. The molecule has 3 heterocycles. The van der Waals surface area contributed by atoms with Gasteiger partial charge in [0.05, 0.1) is 18.5 Å². The molecule has 0 bridgehead atoms. The monoisotopic (exact) mass is 631 g/mol. The minimum atomic E-state index is -0.993. The van der Waals surface area contributed by atoms with Crippen molar-refractivity contribution in [3.8, 4) is 11.4 Å². The maximum absolute atomic E-state index is 14.0. The molecule has 0 spiro atoms. The van der Waals surface area contributed by atoms with Crippen LogP contribution in [0.5, 0.6) is 0 Å². The number of amides is 2. The van der Waals surface area contributed by atoms with Crippen LogP contribution in [-0.2, 0) is 27.3 Å². The number of carbonyl (C=O) groups is 3. The van der Waals surface area contributed by atoms with E-state index in [1.54, 1.807) is 30.6 Å². The van der Waals surface area contributed by atoms with Crippen LogP contribution in [0.15, 0.2) is 60.9 Å². The van der Waals surface area contributed by atoms with Gasteiger partial charge in [-0.1, -0.05) is 50.3 Å². The number of ether oxygens (including phenoxy) is 1. The first-order chi connectivity index (χ1) is 23.0. The Balaban J connectivity index is 1.18. The van der Waals surface area contributed by atoms with E-state index in [1.165, 1.54) is 49.1 Å². The highest BCUT2D eigenvalue weighted by atomic mass is 16.5. The first-order valence-corrected chi connectivity index (χ1v) is 16.9. The second kappa shape index (κ2) is 13.1. The van der Waals surface area contributed by atoms with Crippen molar-refractivity contribution in [2.75, 3.05) is 12.4 Å². The Kier molecular flexibility index (Phi) is 8.62. The number of fused-ring (bicyclic) bond motifs is 5. The molecule has 7 rings (SSSR count). The van der Waals surface area contributed by atoms with E-state index in [0.717, 1.165) is 67.5 Å². The Morgan fingerprint density at radius 1 is 0.936 bits per heavy atom. The third-order valence-electron chi connectivity index (χ3n) is 10.2. The normalized spacial score (nSPS) is 17.6. The molecule has 2 aliphatic carbocycles. The number of rotatable bonds is 7. The number of esters is 1. The second-order valence-corrected chi connectivity index (χ2v) is 13.1. The molecule has 4 aromatic rings. The standard InChI is InChI=1S/C38H41N5O4/c1-47-32(44)18-13-25-11-15-28(16-12-25)41-37(46)38(19-5-6-20-38)42-36(45)27-14-17-29-31(24-27)43-23-7-10-30-34(40-22-21-39-30)35(43)33(29)26-8-3-2-4-9-26/h11-18,21-22,24,26H,2-10,19-20,23H2,1H3,(H,41,46)(H,42,45)/b18-13+. The van der Waals surface area contributed by atoms with E-state index in [0.29, 0.717) is 30.0 Å². The van der Waals surface area contributed by atoms with Gasteiger partial charge in [0.25, 0.3) is 5.91 Å². The lowest BCUT2D eigenvalue weighted by Crippen LogP contribution is -2.55. The van der Waals surface area contributed by atoms with Gasteiger partial charge in [0.15, 0.2) is 0 Å². The summed E-state index contributed by atoms with van der Waals surface area (Å²) in [6.07, 6.45) is 17.3. The maximum Gasteiger partial charge on any atom is 0.330 e. The number of hydrogen-bond donors (Lipinski definition) is 2. The summed E-state index contributed by atoms with van der Waals surface area (Å²) in [4.78, 5) is 48.7. The van der Waals surface area contributed by atoms with Crippen LogP contribution in [0.4, 0.5) is 5.69 Å². The predicted octanol–water partition coefficient (Wildman–Crippen LogP) is 6.96. The maximum atomic E-state index is 14.0. The lowest BCUT2D eigenvalue weighted by atomic mass is 9.82. The van der Waals surface area contributed by atoms with Crippen molar-refractivity contribution in [1.82, 2.24) is 19.9 Å². The predicted molar refractivity (Wildman–Crippen MR) is 182 cm³/mol. The first kappa shape index (κ1) is 30.8. The van der Waals surface area contributed by atoms with Gasteiger partial charge in [0, 0.05) is 47.2 Å². The van der Waals surface area contributed by atoms with Gasteiger partial charge in [0.2, 0.25) is 5.91 Å². The van der Waals surface area contributed by atoms with Crippen LogP contribution >= 0.6 is 0 Å². The number of aromatic nitrogens is 3. The number of anilines is 1. The molecular formula is C38H41N5O4. The van der Waals surface area contributed by atoms with Crippen molar-refractivity contribution in [3.05, 3.63) is 83.3 Å². The Hall–Kier alpha value is -4.79. The van der Waals surface area contributed by atoms with Crippen LogP contribution in [0.25, 0.3) is 28.4 Å². The van der Waals surface area contributed by atoms with E-state index in [4.69, 9.17) is 9.97 Å². The molecule has 242 valence electrons. The average molecular weight is 632 g/mol. The van der Waals surface area contributed by atoms with Gasteiger partial charge in [-0.15, -0.1) is 0 Å². The number of carbonyl (C=O) groups excluding carboxylic acids is 3. The molecule has 2 aromatic heterocycles. The quantitative estimate of drug-likeness (QED) is 0.168. The lowest BCUT2D eigenvalue weighted by Gasteiger charge is -2.29. The molecule has 2 aromatic carbocycles. The molecule has 0 saturated heterocycles. The Labute approximate surface area is 274 Å². The summed E-state index contributed by atoms with van der Waals surface area (Å²) in [7, 11) is 1.33. The summed E-state index contributed by atoms with van der Waals surface area (Å²) >= 11 is 0. The third kappa shape index (κ3) is 6.06. The number of nitrogens with one attached hydrogen (secondary N) is 2. The van der Waals surface area contributed by atoms with Gasteiger partial charge in [-0.2, -0.15) is 0 Å². The average Bonchev–Trinajstić information content (AvgIpc) is 3.66. The molecule has 0 atom stereocenters. The van der Waals surface area contributed by atoms with Crippen molar-refractivity contribution >= 4 is 40.4 Å². The van der Waals surface area contributed by atoms with E-state index in [9.17, 15) is 14.4 Å². The molecule has 1 aliphatic heterocycles. The fourth-order valence-electron chi connectivity index (χ4n) is 7.80. The highest BCUT2D eigenvalue weighted by Crippen LogP contribution is 2.45. The van der Waals surface area contributed by atoms with Gasteiger partial charge in [0.1, 0.15) is 11.2 Å². The van der Waals surface area contributed by atoms with Crippen molar-refractivity contribution in [1.29, 1.82) is 0 Å². The van der Waals surface area contributed by atoms with E-state index in [1.807, 2.05) is 24.3 Å². The smallest absolute Gasteiger partial charge is 0.330 e. The SMILES string of the molecule is COC(=O)/C=C/c1ccc(NC(=O)C2(NC(=O)c3ccc4c(C5CCCCC5)c5n(c4c3)CCCc3nccnc3-5)CCCC2)cc1. The number of methoxy groups -OCH3 is 1. The van der Waals surface area contributed by atoms with Crippen LogP contribution in [0.3, 0.4) is 0 Å². The summed E-state index contributed by atoms with van der Waals surface area (Å²) in [5.74, 6) is -0.431. The lowest BCUT2D eigenvalue weighted by molar-refractivity contribution is -0.134. The van der Waals surface area contributed by atoms with Crippen LogP contribution in [-0.4, -0.2) is 45.0 Å². The summed E-state index contributed by atoms with van der Waals surface area (Å²) in [5, 5.41) is 7.40. The molecule has 2 N–H and O–H groups in total. The number of aryl methyl sites for hydroxylation is 2. The topological polar surface area (TPSA) is 115 Å². The Morgan fingerprint density at radius 3 is 2.47 bits per heavy atom. The molecule has 2 amide bonds. The van der Waals surface area contributed by atoms with E-state index < -0.39 is 11.5 Å². The molecule has 2 fully saturated rings. The molecule has 3 aliphatic rings. The highest BCUT2D eigenvalue weighted by Gasteiger charge is 2.43. The molecule has 0 radical (unpaired) electrons. The second-order valence-electron chi connectivity index (χ2n) is 13.1. The van der Waals surface area contributed by atoms with Crippen LogP contribution in [0, 0.1) is 0 Å². The molecule has 9 nitrogen and oxygen atoms in total. The molecule has 9 heteroatoms. The van der Waals surface area contributed by atoms with Crippen LogP contribution in [0.2, 0.25) is 0 Å². The summed E-state index contributed by atoms with van der Waals surface area (Å²) < 4.78 is 7.02. The fraction of sp³-hybridized carbons (Fsp3) is 0.395. The zero-order valence-electron chi connectivity index (χ0n) is 26.9. The summed E-state index contributed by atoms with van der Waals surface area (Å²) in [5.41, 5.74) is 6.59. The first-order valence-electron chi connectivity index (χ1n) is 16.9. The van der Waals surface area contributed by atoms with Crippen molar-refractivity contribution in [3.63, 3.8) is 0 Å². The van der Waals surface area contributed by atoms with E-state index in [-0.39, 0.29) is 11.8 Å². The fourth-order valence-corrected chi connectivity index (χ4v) is 7.80. The highest BCUT2D eigenvalue weighted by molar-refractivity contribution is 6.06. The zero-order chi connectivity index (χ0) is 32.4. The molecule has 47 heavy (non-hydrogen) atoms. The van der Waals surface area contributed by atoms with E-state index >= 15 is 0 Å². The van der Waals surface area contributed by atoms with Crippen molar-refractivity contribution in [2.45, 2.75) is 88.6 Å². The van der Waals surface area contributed by atoms with Crippen LogP contribution in [0.1, 0.15) is 97.3 Å². The minimum absolute atomic E-state index is 0.214. The number of benzene rings is 2. The van der Waals surface area contributed by atoms with E-state index in [2.05, 4.69) is 26.0 Å². The Bertz CT molecular complexity index is 1850. The van der Waals surface area contributed by atoms with Gasteiger partial charge < -0.3 is 19.9 Å². The largest absolute Gasteiger partial charge is 0.466 e. The van der Waals surface area contributed by atoms with Crippen LogP contribution < -0.4 is 10.6 Å². The van der Waals surface area contributed by atoms with Gasteiger partial charge in [-0.3, -0.25) is 19.6 Å². The van der Waals surface area contributed by atoms with Gasteiger partial charge in [-0.05, 0) is 85.9 Å². The minimum Gasteiger partial charge on any atom is -0.466 e. The van der Waals surface area contributed by atoms with Gasteiger partial charge in [-0.25, -0.2) is 4.79 Å². The van der Waals surface area contributed by atoms with Gasteiger partial charge >= 0.3 is 5.97 Å². The molecule has 0 unspecified atom stereocenters. The van der Waals surface area contributed by atoms with Crippen molar-refractivity contribution in [2.24, 2.45) is 0 Å². The summed E-state index contributed by atoms with van der Waals surface area (Å²) in [6, 6.07) is 13.3. The molecular weight excluding hydrogens is 590 g/mol.